The summed E-state index contributed by atoms with van der Waals surface area (Å²) in [6.07, 6.45) is 0.145. The second kappa shape index (κ2) is 5.51. The minimum Gasteiger partial charge on any atom is -0.396 e. The molecule has 1 aromatic rings. The van der Waals surface area contributed by atoms with E-state index in [2.05, 4.69) is 19.2 Å². The Labute approximate surface area is 90.1 Å². The molecule has 0 aliphatic carbocycles. The van der Waals surface area contributed by atoms with Crippen LogP contribution in [0.15, 0.2) is 24.3 Å². The normalized spacial score (nSPS) is 10.4. The number of aliphatic hydroxyl groups is 1. The molecule has 0 aliphatic rings. The fourth-order valence-corrected chi connectivity index (χ4v) is 1.28. The number of benzene rings is 1. The molecular formula is C12H17NO2. The van der Waals surface area contributed by atoms with Gasteiger partial charge in [-0.05, 0) is 23.6 Å². The van der Waals surface area contributed by atoms with E-state index in [0.717, 1.165) is 5.69 Å². The van der Waals surface area contributed by atoms with Crippen LogP contribution in [0.5, 0.6) is 0 Å². The van der Waals surface area contributed by atoms with Crippen molar-refractivity contribution in [3.05, 3.63) is 29.8 Å². The molecule has 0 bridgehead atoms. The number of aliphatic hydroxyl groups excluding tert-OH is 1. The van der Waals surface area contributed by atoms with Crippen molar-refractivity contribution < 1.29 is 9.90 Å². The second-order valence-corrected chi connectivity index (χ2v) is 3.80. The molecule has 2 N–H and O–H groups in total. The average Bonchev–Trinajstić information content (AvgIpc) is 2.18. The third-order valence-electron chi connectivity index (χ3n) is 2.20. The van der Waals surface area contributed by atoms with Crippen LogP contribution in [0.1, 0.15) is 31.7 Å². The third-order valence-corrected chi connectivity index (χ3v) is 2.20. The minimum absolute atomic E-state index is 0.115. The highest BCUT2D eigenvalue weighted by atomic mass is 16.3. The SMILES string of the molecule is CC(C)c1ccc(NC(=O)CCO)cc1. The smallest absolute Gasteiger partial charge is 0.226 e. The summed E-state index contributed by atoms with van der Waals surface area (Å²) < 4.78 is 0. The van der Waals surface area contributed by atoms with Crippen LogP contribution in [0.4, 0.5) is 5.69 Å². The maximum atomic E-state index is 11.2. The molecule has 3 nitrogen and oxygen atoms in total. The van der Waals surface area contributed by atoms with Gasteiger partial charge in [0.1, 0.15) is 0 Å². The van der Waals surface area contributed by atoms with Crippen LogP contribution in [0.3, 0.4) is 0 Å². The highest BCUT2D eigenvalue weighted by Crippen LogP contribution is 2.17. The lowest BCUT2D eigenvalue weighted by molar-refractivity contribution is -0.116. The molecule has 1 aromatic carbocycles. The van der Waals surface area contributed by atoms with E-state index in [0.29, 0.717) is 5.92 Å². The van der Waals surface area contributed by atoms with Gasteiger partial charge < -0.3 is 10.4 Å². The summed E-state index contributed by atoms with van der Waals surface area (Å²) in [6, 6.07) is 7.76. The van der Waals surface area contributed by atoms with Crippen molar-refractivity contribution in [2.24, 2.45) is 0 Å². The summed E-state index contributed by atoms with van der Waals surface area (Å²) >= 11 is 0. The number of amides is 1. The van der Waals surface area contributed by atoms with Gasteiger partial charge in [0, 0.05) is 5.69 Å². The monoisotopic (exact) mass is 207 g/mol. The van der Waals surface area contributed by atoms with Gasteiger partial charge in [0.25, 0.3) is 0 Å². The predicted octanol–water partition coefficient (Wildman–Crippen LogP) is 2.13. The molecule has 1 rings (SSSR count). The first kappa shape index (κ1) is 11.7. The molecule has 0 unspecified atom stereocenters. The van der Waals surface area contributed by atoms with Crippen LogP contribution in [-0.2, 0) is 4.79 Å². The van der Waals surface area contributed by atoms with Crippen molar-refractivity contribution in [1.29, 1.82) is 0 Å². The summed E-state index contributed by atoms with van der Waals surface area (Å²) in [5.41, 5.74) is 2.02. The number of hydrogen-bond acceptors (Lipinski definition) is 2. The molecule has 0 radical (unpaired) electrons. The fourth-order valence-electron chi connectivity index (χ4n) is 1.28. The molecule has 82 valence electrons. The van der Waals surface area contributed by atoms with Crippen molar-refractivity contribution in [1.82, 2.24) is 0 Å². The summed E-state index contributed by atoms with van der Waals surface area (Å²) in [6.45, 7) is 4.13. The predicted molar refractivity (Wildman–Crippen MR) is 60.9 cm³/mol. The first-order chi connectivity index (χ1) is 7.13. The Morgan fingerprint density at radius 1 is 1.33 bits per heavy atom. The van der Waals surface area contributed by atoms with Gasteiger partial charge in [-0.15, -0.1) is 0 Å². The Hall–Kier alpha value is -1.35. The van der Waals surface area contributed by atoms with Gasteiger partial charge in [-0.2, -0.15) is 0 Å². The number of anilines is 1. The zero-order valence-electron chi connectivity index (χ0n) is 9.16. The van der Waals surface area contributed by atoms with Crippen molar-refractivity contribution >= 4 is 11.6 Å². The average molecular weight is 207 g/mol. The van der Waals surface area contributed by atoms with Crippen LogP contribution >= 0.6 is 0 Å². The molecule has 3 heteroatoms. The summed E-state index contributed by atoms with van der Waals surface area (Å²) in [5, 5.41) is 11.3. The molecule has 0 saturated carbocycles. The maximum absolute atomic E-state index is 11.2. The number of nitrogens with one attached hydrogen (secondary N) is 1. The maximum Gasteiger partial charge on any atom is 0.226 e. The molecule has 0 heterocycles. The number of rotatable bonds is 4. The summed E-state index contributed by atoms with van der Waals surface area (Å²) in [5.74, 6) is 0.335. The van der Waals surface area contributed by atoms with E-state index in [1.807, 2.05) is 24.3 Å². The van der Waals surface area contributed by atoms with Crippen LogP contribution in [0.2, 0.25) is 0 Å². The molecule has 0 spiro atoms. The Morgan fingerprint density at radius 2 is 1.93 bits per heavy atom. The molecule has 0 fully saturated rings. The standard InChI is InChI=1S/C12H17NO2/c1-9(2)10-3-5-11(6-4-10)13-12(15)7-8-14/h3-6,9,14H,7-8H2,1-2H3,(H,13,15). The minimum atomic E-state index is -0.158. The number of hydrogen-bond donors (Lipinski definition) is 2. The van der Waals surface area contributed by atoms with E-state index in [1.54, 1.807) is 0 Å². The third kappa shape index (κ3) is 3.72. The molecule has 0 aromatic heterocycles. The Kier molecular flexibility index (Phi) is 4.31. The highest BCUT2D eigenvalue weighted by molar-refractivity contribution is 5.90. The van der Waals surface area contributed by atoms with Gasteiger partial charge in [0.05, 0.1) is 13.0 Å². The van der Waals surface area contributed by atoms with E-state index >= 15 is 0 Å². The van der Waals surface area contributed by atoms with E-state index in [-0.39, 0.29) is 18.9 Å². The molecular weight excluding hydrogens is 190 g/mol. The van der Waals surface area contributed by atoms with E-state index in [9.17, 15) is 4.79 Å². The highest BCUT2D eigenvalue weighted by Gasteiger charge is 2.02. The van der Waals surface area contributed by atoms with Gasteiger partial charge in [0.2, 0.25) is 5.91 Å². The lowest BCUT2D eigenvalue weighted by atomic mass is 10.0. The zero-order valence-corrected chi connectivity index (χ0v) is 9.16. The summed E-state index contributed by atoms with van der Waals surface area (Å²) in [7, 11) is 0. The fraction of sp³-hybridized carbons (Fsp3) is 0.417. The quantitative estimate of drug-likeness (QED) is 0.794. The number of carbonyl (C=O) groups excluding carboxylic acids is 1. The largest absolute Gasteiger partial charge is 0.396 e. The topological polar surface area (TPSA) is 49.3 Å². The molecule has 0 atom stereocenters. The second-order valence-electron chi connectivity index (χ2n) is 3.80. The van der Waals surface area contributed by atoms with E-state index in [4.69, 9.17) is 5.11 Å². The Morgan fingerprint density at radius 3 is 2.40 bits per heavy atom. The van der Waals surface area contributed by atoms with Gasteiger partial charge >= 0.3 is 0 Å². The van der Waals surface area contributed by atoms with Gasteiger partial charge in [-0.25, -0.2) is 0 Å². The van der Waals surface area contributed by atoms with Gasteiger partial charge in [-0.3, -0.25) is 4.79 Å². The van der Waals surface area contributed by atoms with E-state index in [1.165, 1.54) is 5.56 Å². The van der Waals surface area contributed by atoms with E-state index < -0.39 is 0 Å². The molecule has 1 amide bonds. The Bertz CT molecular complexity index is 317. The van der Waals surface area contributed by atoms with Crippen molar-refractivity contribution in [3.8, 4) is 0 Å². The lowest BCUT2D eigenvalue weighted by Crippen LogP contribution is -2.12. The molecule has 15 heavy (non-hydrogen) atoms. The lowest BCUT2D eigenvalue weighted by Gasteiger charge is -2.07. The van der Waals surface area contributed by atoms with Crippen LogP contribution in [0.25, 0.3) is 0 Å². The van der Waals surface area contributed by atoms with Gasteiger partial charge in [0.15, 0.2) is 0 Å². The first-order valence-corrected chi connectivity index (χ1v) is 5.14. The van der Waals surface area contributed by atoms with Crippen molar-refractivity contribution in [3.63, 3.8) is 0 Å². The molecule has 0 aliphatic heterocycles. The number of carbonyl (C=O) groups is 1. The van der Waals surface area contributed by atoms with Crippen LogP contribution < -0.4 is 5.32 Å². The van der Waals surface area contributed by atoms with Crippen LogP contribution in [0, 0.1) is 0 Å². The molecule has 0 saturated heterocycles. The summed E-state index contributed by atoms with van der Waals surface area (Å²) in [4.78, 5) is 11.2. The van der Waals surface area contributed by atoms with Crippen LogP contribution in [-0.4, -0.2) is 17.6 Å². The Balaban J connectivity index is 2.60. The zero-order chi connectivity index (χ0) is 11.3. The first-order valence-electron chi connectivity index (χ1n) is 5.14. The van der Waals surface area contributed by atoms with Gasteiger partial charge in [-0.1, -0.05) is 26.0 Å². The van der Waals surface area contributed by atoms with Crippen molar-refractivity contribution in [2.45, 2.75) is 26.2 Å². The van der Waals surface area contributed by atoms with Crippen molar-refractivity contribution in [2.75, 3.05) is 11.9 Å².